The molecule has 240 valence electrons. The van der Waals surface area contributed by atoms with Gasteiger partial charge in [-0.3, -0.25) is 4.79 Å². The Kier molecular flexibility index (Phi) is 8.72. The zero-order valence-corrected chi connectivity index (χ0v) is 27.3. The Hall–Kier alpha value is -3.03. The van der Waals surface area contributed by atoms with Gasteiger partial charge in [-0.15, -0.1) is 0 Å². The normalized spacial score (nSPS) is 33.2. The van der Waals surface area contributed by atoms with Crippen molar-refractivity contribution in [3.05, 3.63) is 70.3 Å². The van der Waals surface area contributed by atoms with E-state index in [2.05, 4.69) is 27.5 Å². The summed E-state index contributed by atoms with van der Waals surface area (Å²) < 4.78 is 35.4. The number of halogens is 1. The number of carbonyl (C=O) groups excluding carboxylic acids is 1. The fraction of sp³-hybridized carbons (Fsp3) is 0.514. The molecular weight excluding hydrogens is 612 g/mol. The fourth-order valence-corrected chi connectivity index (χ4v) is 9.06. The Labute approximate surface area is 270 Å². The van der Waals surface area contributed by atoms with Crippen molar-refractivity contribution in [3.8, 4) is 17.6 Å². The first-order valence-corrected chi connectivity index (χ1v) is 17.7. The van der Waals surface area contributed by atoms with Crippen LogP contribution in [0.25, 0.3) is 0 Å². The largest absolute Gasteiger partial charge is 0.490 e. The SMILES string of the molecule is C[C@@H]1[C@@H](C)C/C=C/[C@@](O)(C#CCO)C2CC[C@H]2CN2C[C@@]3(CCCc4cc(Cl)ccc43)COc3ccc(cc32)C(=O)NS1(=O)=O. The summed E-state index contributed by atoms with van der Waals surface area (Å²) in [5.41, 5.74) is 1.58. The van der Waals surface area contributed by atoms with Crippen molar-refractivity contribution in [3.63, 3.8) is 0 Å². The van der Waals surface area contributed by atoms with Crippen LogP contribution < -0.4 is 14.4 Å². The number of allylic oxidation sites excluding steroid dienone is 1. The summed E-state index contributed by atoms with van der Waals surface area (Å²) in [6.45, 7) is 4.66. The zero-order chi connectivity index (χ0) is 32.0. The van der Waals surface area contributed by atoms with Gasteiger partial charge in [0.2, 0.25) is 10.0 Å². The highest BCUT2D eigenvalue weighted by Gasteiger charge is 2.47. The second-order valence-corrected chi connectivity index (χ2v) is 15.8. The summed E-state index contributed by atoms with van der Waals surface area (Å²) in [5, 5.41) is 21.2. The Bertz CT molecular complexity index is 1680. The summed E-state index contributed by atoms with van der Waals surface area (Å²) in [6, 6.07) is 11.2. The Morgan fingerprint density at radius 1 is 1.18 bits per heavy atom. The van der Waals surface area contributed by atoms with Gasteiger partial charge in [-0.05, 0) is 105 Å². The van der Waals surface area contributed by atoms with Crippen LogP contribution in [0.1, 0.15) is 67.4 Å². The topological polar surface area (TPSA) is 116 Å². The van der Waals surface area contributed by atoms with Crippen molar-refractivity contribution < 1.29 is 28.2 Å². The maximum absolute atomic E-state index is 13.4. The third-order valence-electron chi connectivity index (χ3n) is 10.5. The molecule has 2 aromatic rings. The van der Waals surface area contributed by atoms with Crippen molar-refractivity contribution in [1.29, 1.82) is 0 Å². The molecule has 0 saturated heterocycles. The number of nitrogens with one attached hydrogen (secondary N) is 1. The van der Waals surface area contributed by atoms with Crippen LogP contribution in [0, 0.1) is 29.6 Å². The number of aryl methyl sites for hydroxylation is 1. The van der Waals surface area contributed by atoms with E-state index in [0.29, 0.717) is 36.9 Å². The van der Waals surface area contributed by atoms with E-state index in [1.54, 1.807) is 44.2 Å². The molecule has 3 N–H and O–H groups in total. The molecule has 0 aromatic heterocycles. The molecule has 2 aliphatic carbocycles. The number of aliphatic hydroxyl groups is 2. The van der Waals surface area contributed by atoms with Crippen LogP contribution in [0.15, 0.2) is 48.6 Å². The number of rotatable bonds is 0. The van der Waals surface area contributed by atoms with Crippen molar-refractivity contribution in [2.24, 2.45) is 17.8 Å². The number of sulfonamides is 1. The lowest BCUT2D eigenvalue weighted by Gasteiger charge is -2.47. The minimum absolute atomic E-state index is 0.0750. The Morgan fingerprint density at radius 2 is 2.00 bits per heavy atom. The summed E-state index contributed by atoms with van der Waals surface area (Å²) in [5.74, 6) is 5.09. The van der Waals surface area contributed by atoms with Crippen molar-refractivity contribution >= 4 is 33.2 Å². The maximum Gasteiger partial charge on any atom is 0.264 e. The van der Waals surface area contributed by atoms with E-state index in [4.69, 9.17) is 16.3 Å². The quantitative estimate of drug-likeness (QED) is 0.281. The molecule has 45 heavy (non-hydrogen) atoms. The van der Waals surface area contributed by atoms with Gasteiger partial charge < -0.3 is 19.8 Å². The standard InChI is InChI=1S/C35H41ClN2O6S/c1-23-6-3-15-35(41,16-5-17-39)30-11-8-27(30)20-38-21-34(14-4-7-25-18-28(36)10-12-29(25)34)22-44-32-13-9-26(19-31(32)38)33(40)37-45(42,43)24(23)2/h3,9-10,12-13,15,18-19,23-24,27,30,39,41H,4,6-8,11,14,17,20-22H2,1-2H3,(H,37,40)/b15-3+/t23-,24+,27-,30?,34-,35+/m0/s1. The summed E-state index contributed by atoms with van der Waals surface area (Å²) in [6.07, 6.45) is 8.31. The first-order valence-electron chi connectivity index (χ1n) is 15.8. The van der Waals surface area contributed by atoms with Gasteiger partial charge in [0.25, 0.3) is 5.91 Å². The van der Waals surface area contributed by atoms with Crippen LogP contribution in [0.3, 0.4) is 0 Å². The van der Waals surface area contributed by atoms with E-state index in [1.165, 1.54) is 11.1 Å². The number of benzene rings is 2. The minimum atomic E-state index is -4.00. The molecule has 2 bridgehead atoms. The molecule has 2 aliphatic heterocycles. The van der Waals surface area contributed by atoms with E-state index in [-0.39, 0.29) is 35.3 Å². The van der Waals surface area contributed by atoms with Gasteiger partial charge in [0.1, 0.15) is 18.0 Å². The average molecular weight is 653 g/mol. The minimum Gasteiger partial charge on any atom is -0.490 e. The molecule has 0 radical (unpaired) electrons. The van der Waals surface area contributed by atoms with E-state index >= 15 is 0 Å². The van der Waals surface area contributed by atoms with Gasteiger partial charge >= 0.3 is 0 Å². The van der Waals surface area contributed by atoms with E-state index in [1.807, 2.05) is 12.1 Å². The zero-order valence-electron chi connectivity index (χ0n) is 25.8. The number of aliphatic hydroxyl groups excluding tert-OH is 1. The highest BCUT2D eigenvalue weighted by atomic mass is 35.5. The van der Waals surface area contributed by atoms with E-state index < -0.39 is 26.8 Å². The number of hydrogen-bond donors (Lipinski definition) is 3. The fourth-order valence-electron chi connectivity index (χ4n) is 7.59. The second-order valence-electron chi connectivity index (χ2n) is 13.3. The van der Waals surface area contributed by atoms with E-state index in [9.17, 15) is 23.4 Å². The van der Waals surface area contributed by atoms with Gasteiger partial charge in [0.05, 0.1) is 17.5 Å². The lowest BCUT2D eigenvalue weighted by atomic mass is 9.64. The molecule has 1 saturated carbocycles. The van der Waals surface area contributed by atoms with Crippen LogP contribution in [0.4, 0.5) is 5.69 Å². The second kappa shape index (κ2) is 12.3. The van der Waals surface area contributed by atoms with Gasteiger partial charge in [-0.1, -0.05) is 42.5 Å². The number of amides is 1. The molecule has 1 amide bonds. The summed E-state index contributed by atoms with van der Waals surface area (Å²) in [7, 11) is -4.00. The van der Waals surface area contributed by atoms with Crippen LogP contribution in [0.2, 0.25) is 5.02 Å². The molecule has 2 heterocycles. The smallest absolute Gasteiger partial charge is 0.264 e. The number of hydrogen-bond acceptors (Lipinski definition) is 7. The van der Waals surface area contributed by atoms with Crippen molar-refractivity contribution in [1.82, 2.24) is 4.72 Å². The first kappa shape index (κ1) is 31.9. The molecule has 8 nitrogen and oxygen atoms in total. The van der Waals surface area contributed by atoms with Gasteiger partial charge in [-0.2, -0.15) is 0 Å². The molecule has 6 atom stereocenters. The Balaban J connectivity index is 1.46. The number of carbonyl (C=O) groups is 1. The lowest BCUT2D eigenvalue weighted by Crippen LogP contribution is -2.52. The Morgan fingerprint density at radius 3 is 2.76 bits per heavy atom. The van der Waals surface area contributed by atoms with Gasteiger partial charge in [0, 0.05) is 35.0 Å². The highest BCUT2D eigenvalue weighted by Crippen LogP contribution is 2.48. The molecule has 2 aromatic carbocycles. The molecule has 6 rings (SSSR count). The number of fused-ring (bicyclic) bond motifs is 4. The summed E-state index contributed by atoms with van der Waals surface area (Å²) >= 11 is 6.40. The van der Waals surface area contributed by atoms with Crippen molar-refractivity contribution in [2.75, 3.05) is 31.2 Å². The monoisotopic (exact) mass is 652 g/mol. The number of anilines is 1. The predicted molar refractivity (Wildman–Crippen MR) is 175 cm³/mol. The molecule has 10 heteroatoms. The third-order valence-corrected chi connectivity index (χ3v) is 12.7. The molecular formula is C35H41ClN2O6S. The average Bonchev–Trinajstić information content (AvgIpc) is 3.14. The highest BCUT2D eigenvalue weighted by molar-refractivity contribution is 7.90. The first-order chi connectivity index (χ1) is 21.4. The molecule has 1 fully saturated rings. The summed E-state index contributed by atoms with van der Waals surface area (Å²) in [4.78, 5) is 15.7. The number of ether oxygens (including phenoxy) is 1. The van der Waals surface area contributed by atoms with E-state index in [0.717, 1.165) is 37.8 Å². The van der Waals surface area contributed by atoms with Crippen LogP contribution in [0.5, 0.6) is 5.75 Å². The third kappa shape index (κ3) is 6.10. The molecule has 4 aliphatic rings. The number of nitrogens with zero attached hydrogens (tertiary/aromatic N) is 1. The van der Waals surface area contributed by atoms with Crippen LogP contribution >= 0.6 is 11.6 Å². The maximum atomic E-state index is 13.4. The van der Waals surface area contributed by atoms with Gasteiger partial charge in [-0.25, -0.2) is 13.1 Å². The van der Waals surface area contributed by atoms with Crippen LogP contribution in [-0.2, 0) is 21.9 Å². The van der Waals surface area contributed by atoms with Crippen LogP contribution in [-0.4, -0.2) is 61.7 Å². The predicted octanol–water partition coefficient (Wildman–Crippen LogP) is 4.61. The molecule has 1 unspecified atom stereocenters. The van der Waals surface area contributed by atoms with Gasteiger partial charge in [0.15, 0.2) is 0 Å². The lowest BCUT2D eigenvalue weighted by molar-refractivity contribution is -0.00332. The van der Waals surface area contributed by atoms with Crippen molar-refractivity contribution in [2.45, 2.75) is 68.6 Å². The molecule has 1 spiro atoms.